The van der Waals surface area contributed by atoms with Crippen LogP contribution in [0.1, 0.15) is 52.9 Å². The summed E-state index contributed by atoms with van der Waals surface area (Å²) in [6, 6.07) is 4.27. The Kier molecular flexibility index (Phi) is 6.13. The van der Waals surface area contributed by atoms with Gasteiger partial charge in [0.05, 0.1) is 11.0 Å². The highest BCUT2D eigenvalue weighted by molar-refractivity contribution is 5.89. The minimum atomic E-state index is -0.770. The number of aromatic nitrogens is 4. The third-order valence-electron chi connectivity index (χ3n) is 4.64. The van der Waals surface area contributed by atoms with Crippen molar-refractivity contribution in [2.24, 2.45) is 5.41 Å². The molecule has 0 amide bonds. The lowest BCUT2D eigenvalue weighted by molar-refractivity contribution is 0.0538. The average Bonchev–Trinajstić information content (AvgIpc) is 2.99. The Morgan fingerprint density at radius 1 is 1.19 bits per heavy atom. The zero-order chi connectivity index (χ0) is 23.8. The lowest BCUT2D eigenvalue weighted by Gasteiger charge is -2.21. The Balaban J connectivity index is 2.24. The van der Waals surface area contributed by atoms with Crippen molar-refractivity contribution >= 4 is 22.8 Å². The molecule has 0 aliphatic rings. The van der Waals surface area contributed by atoms with E-state index in [0.29, 0.717) is 28.7 Å². The summed E-state index contributed by atoms with van der Waals surface area (Å²) in [5, 5.41) is 6.93. The van der Waals surface area contributed by atoms with Gasteiger partial charge in [0.25, 0.3) is 5.56 Å². The number of carbonyl (C=O) groups excluding carboxylic acids is 1. The van der Waals surface area contributed by atoms with Gasteiger partial charge < -0.3 is 10.1 Å². The molecule has 0 aliphatic heterocycles. The van der Waals surface area contributed by atoms with Crippen molar-refractivity contribution in [1.29, 1.82) is 0 Å². The SMILES string of the molecule is CNc1ccnn(Cc2nc3c(CC(C)(C)C)cc(F)cc3n2C(=O)OC(C)(C)C)c1=O. The molecule has 0 atom stereocenters. The maximum atomic E-state index is 14.6. The van der Waals surface area contributed by atoms with E-state index in [1.807, 2.05) is 20.8 Å². The number of nitrogens with one attached hydrogen (secondary N) is 1. The maximum absolute atomic E-state index is 14.6. The summed E-state index contributed by atoms with van der Waals surface area (Å²) in [6.45, 7) is 11.3. The lowest BCUT2D eigenvalue weighted by Crippen LogP contribution is -2.30. The molecule has 0 radical (unpaired) electrons. The molecule has 0 spiro atoms. The highest BCUT2D eigenvalue weighted by Crippen LogP contribution is 2.29. The Morgan fingerprint density at radius 2 is 1.88 bits per heavy atom. The van der Waals surface area contributed by atoms with Crippen LogP contribution in [0.5, 0.6) is 0 Å². The van der Waals surface area contributed by atoms with Crippen LogP contribution in [0.4, 0.5) is 14.9 Å². The van der Waals surface area contributed by atoms with E-state index in [9.17, 15) is 14.0 Å². The molecule has 0 saturated carbocycles. The summed E-state index contributed by atoms with van der Waals surface area (Å²) in [4.78, 5) is 30.4. The Bertz CT molecular complexity index is 1220. The van der Waals surface area contributed by atoms with Gasteiger partial charge in [-0.1, -0.05) is 20.8 Å². The summed E-state index contributed by atoms with van der Waals surface area (Å²) < 4.78 is 22.6. The van der Waals surface area contributed by atoms with E-state index < -0.39 is 17.5 Å². The molecular formula is C23H30FN5O3. The van der Waals surface area contributed by atoms with E-state index in [1.165, 1.54) is 27.6 Å². The largest absolute Gasteiger partial charge is 0.443 e. The van der Waals surface area contributed by atoms with Crippen LogP contribution in [0.3, 0.4) is 0 Å². The molecule has 3 aromatic rings. The molecule has 0 aliphatic carbocycles. The normalized spacial score (nSPS) is 12.2. The molecular weight excluding hydrogens is 413 g/mol. The second-order valence-corrected chi connectivity index (χ2v) is 9.97. The van der Waals surface area contributed by atoms with E-state index in [-0.39, 0.29) is 23.3 Å². The number of hydrogen-bond donors (Lipinski definition) is 1. The minimum Gasteiger partial charge on any atom is -0.443 e. The Morgan fingerprint density at radius 3 is 2.47 bits per heavy atom. The van der Waals surface area contributed by atoms with Crippen LogP contribution in [0, 0.1) is 11.2 Å². The molecule has 8 nitrogen and oxygen atoms in total. The fraction of sp³-hybridized carbons (Fsp3) is 0.478. The lowest BCUT2D eigenvalue weighted by atomic mass is 9.87. The first kappa shape index (κ1) is 23.4. The van der Waals surface area contributed by atoms with E-state index in [2.05, 4.69) is 15.4 Å². The van der Waals surface area contributed by atoms with Gasteiger partial charge in [0.1, 0.15) is 29.5 Å². The fourth-order valence-corrected chi connectivity index (χ4v) is 3.47. The summed E-state index contributed by atoms with van der Waals surface area (Å²) >= 11 is 0. The topological polar surface area (TPSA) is 91.0 Å². The first-order chi connectivity index (χ1) is 14.8. The number of carbonyl (C=O) groups is 1. The number of fused-ring (bicyclic) bond motifs is 1. The van der Waals surface area contributed by atoms with Gasteiger partial charge in [-0.05, 0) is 50.3 Å². The Hall–Kier alpha value is -3.23. The zero-order valence-corrected chi connectivity index (χ0v) is 19.6. The molecule has 0 fully saturated rings. The third-order valence-corrected chi connectivity index (χ3v) is 4.64. The van der Waals surface area contributed by atoms with Gasteiger partial charge >= 0.3 is 6.09 Å². The highest BCUT2D eigenvalue weighted by Gasteiger charge is 2.26. The van der Waals surface area contributed by atoms with Crippen molar-refractivity contribution < 1.29 is 13.9 Å². The number of imidazole rings is 1. The molecule has 0 unspecified atom stereocenters. The molecule has 172 valence electrons. The monoisotopic (exact) mass is 443 g/mol. The molecule has 3 rings (SSSR count). The second-order valence-electron chi connectivity index (χ2n) is 9.97. The quantitative estimate of drug-likeness (QED) is 0.650. The number of nitrogens with zero attached hydrogens (tertiary/aromatic N) is 4. The summed E-state index contributed by atoms with van der Waals surface area (Å²) in [5.74, 6) is -0.238. The molecule has 32 heavy (non-hydrogen) atoms. The number of anilines is 1. The standard InChI is InChI=1S/C23H30FN5O3/c1-22(2,3)12-14-10-15(24)11-17-19(14)27-18(29(17)21(31)32-23(4,5)6)13-28-20(30)16(25-7)8-9-26-28/h8-11,25H,12-13H2,1-7H3. The molecule has 1 N–H and O–H groups in total. The number of rotatable bonds is 4. The maximum Gasteiger partial charge on any atom is 0.420 e. The van der Waals surface area contributed by atoms with Gasteiger partial charge in [-0.15, -0.1) is 0 Å². The molecule has 9 heteroatoms. The minimum absolute atomic E-state index is 0.0845. The van der Waals surface area contributed by atoms with Crippen LogP contribution in [0.2, 0.25) is 0 Å². The summed E-state index contributed by atoms with van der Waals surface area (Å²) in [5.41, 5.74) is 0.578. The second kappa shape index (κ2) is 8.37. The summed E-state index contributed by atoms with van der Waals surface area (Å²) in [6.07, 6.45) is 1.35. The van der Waals surface area contributed by atoms with Gasteiger partial charge in [-0.25, -0.2) is 23.4 Å². The first-order valence-electron chi connectivity index (χ1n) is 10.5. The predicted octanol–water partition coefficient (Wildman–Crippen LogP) is 4.19. The zero-order valence-electron chi connectivity index (χ0n) is 19.6. The molecule has 2 aromatic heterocycles. The fourth-order valence-electron chi connectivity index (χ4n) is 3.47. The predicted molar refractivity (Wildman–Crippen MR) is 122 cm³/mol. The molecule has 0 bridgehead atoms. The van der Waals surface area contributed by atoms with Crippen LogP contribution in [0.25, 0.3) is 11.0 Å². The van der Waals surface area contributed by atoms with E-state index >= 15 is 0 Å². The van der Waals surface area contributed by atoms with Crippen molar-refractivity contribution in [3.8, 4) is 0 Å². The van der Waals surface area contributed by atoms with Crippen molar-refractivity contribution in [2.75, 3.05) is 12.4 Å². The summed E-state index contributed by atoms with van der Waals surface area (Å²) in [7, 11) is 1.64. The van der Waals surface area contributed by atoms with Gasteiger partial charge in [0, 0.05) is 19.3 Å². The number of halogens is 1. The number of ether oxygens (including phenoxy) is 1. The van der Waals surface area contributed by atoms with E-state index in [1.54, 1.807) is 33.9 Å². The van der Waals surface area contributed by atoms with Crippen LogP contribution < -0.4 is 10.9 Å². The smallest absolute Gasteiger partial charge is 0.420 e. The van der Waals surface area contributed by atoms with Crippen LogP contribution in [0.15, 0.2) is 29.2 Å². The van der Waals surface area contributed by atoms with Crippen molar-refractivity contribution in [2.45, 2.75) is 60.1 Å². The van der Waals surface area contributed by atoms with Gasteiger partial charge in [-0.2, -0.15) is 5.10 Å². The van der Waals surface area contributed by atoms with Crippen LogP contribution in [-0.4, -0.2) is 38.1 Å². The van der Waals surface area contributed by atoms with Gasteiger partial charge in [-0.3, -0.25) is 4.79 Å². The molecule has 0 saturated heterocycles. The number of hydrogen-bond acceptors (Lipinski definition) is 6. The molecule has 1 aromatic carbocycles. The van der Waals surface area contributed by atoms with Gasteiger partial charge in [0.2, 0.25) is 0 Å². The van der Waals surface area contributed by atoms with Crippen molar-refractivity contribution in [3.63, 3.8) is 0 Å². The Labute approximate surface area is 186 Å². The number of benzene rings is 1. The first-order valence-corrected chi connectivity index (χ1v) is 10.5. The van der Waals surface area contributed by atoms with Gasteiger partial charge in [0.15, 0.2) is 0 Å². The van der Waals surface area contributed by atoms with Crippen molar-refractivity contribution in [3.05, 3.63) is 52.0 Å². The van der Waals surface area contributed by atoms with E-state index in [4.69, 9.17) is 4.74 Å². The van der Waals surface area contributed by atoms with E-state index in [0.717, 1.165) is 0 Å². The highest BCUT2D eigenvalue weighted by atomic mass is 19.1. The van der Waals surface area contributed by atoms with Crippen LogP contribution >= 0.6 is 0 Å². The van der Waals surface area contributed by atoms with Crippen molar-refractivity contribution in [1.82, 2.24) is 19.3 Å². The average molecular weight is 444 g/mol. The molecule has 2 heterocycles. The van der Waals surface area contributed by atoms with Crippen LogP contribution in [-0.2, 0) is 17.7 Å². The third kappa shape index (κ3) is 5.15.